The van der Waals surface area contributed by atoms with Gasteiger partial charge in [-0.25, -0.2) is 4.98 Å². The molecule has 0 aliphatic heterocycles. The number of hydrogen-bond acceptors (Lipinski definition) is 8. The molecule has 4 heterocycles. The van der Waals surface area contributed by atoms with Crippen molar-refractivity contribution in [3.05, 3.63) is 71.3 Å². The van der Waals surface area contributed by atoms with E-state index < -0.39 is 5.91 Å². The van der Waals surface area contributed by atoms with Crippen LogP contribution in [0.1, 0.15) is 38.3 Å². The number of benzene rings is 1. The molecular formula is C24H23N7O4. The second-order valence-corrected chi connectivity index (χ2v) is 8.10. The highest BCUT2D eigenvalue weighted by molar-refractivity contribution is 6.06. The number of carbonyl (C=O) groups is 2. The van der Waals surface area contributed by atoms with Gasteiger partial charge < -0.3 is 24.2 Å². The molecule has 0 bridgehead atoms. The summed E-state index contributed by atoms with van der Waals surface area (Å²) in [4.78, 5) is 33.5. The van der Waals surface area contributed by atoms with Crippen LogP contribution in [-0.4, -0.2) is 49.8 Å². The van der Waals surface area contributed by atoms with Crippen LogP contribution in [0.2, 0.25) is 0 Å². The SMILES string of the molecule is Cc1cc(C(=O)NCCNC(=O)c2nc(CCn3ccc4ccccc43)no2)c2c(C)noc2n1. The number of fused-ring (bicyclic) bond motifs is 2. The predicted molar refractivity (Wildman–Crippen MR) is 126 cm³/mol. The topological polar surface area (TPSA) is 141 Å². The van der Waals surface area contributed by atoms with Crippen LogP contribution >= 0.6 is 0 Å². The van der Waals surface area contributed by atoms with E-state index in [1.54, 1.807) is 19.9 Å². The van der Waals surface area contributed by atoms with Gasteiger partial charge in [0.2, 0.25) is 0 Å². The Balaban J connectivity index is 1.12. The van der Waals surface area contributed by atoms with Crippen molar-refractivity contribution >= 4 is 33.8 Å². The maximum atomic E-state index is 12.7. The van der Waals surface area contributed by atoms with Gasteiger partial charge in [-0.3, -0.25) is 9.59 Å². The number of aromatic nitrogens is 5. The first kappa shape index (κ1) is 22.3. The van der Waals surface area contributed by atoms with Crippen molar-refractivity contribution in [1.82, 2.24) is 35.5 Å². The fourth-order valence-electron chi connectivity index (χ4n) is 3.92. The Labute approximate surface area is 199 Å². The number of amides is 2. The van der Waals surface area contributed by atoms with Crippen molar-refractivity contribution in [3.8, 4) is 0 Å². The molecule has 5 rings (SSSR count). The van der Waals surface area contributed by atoms with Gasteiger partial charge in [0.1, 0.15) is 0 Å². The van der Waals surface area contributed by atoms with Crippen LogP contribution in [0.5, 0.6) is 0 Å². The first-order valence-electron chi connectivity index (χ1n) is 11.2. The van der Waals surface area contributed by atoms with E-state index in [2.05, 4.69) is 53.7 Å². The Bertz CT molecular complexity index is 1530. The highest BCUT2D eigenvalue weighted by Crippen LogP contribution is 2.21. The molecule has 5 aromatic rings. The van der Waals surface area contributed by atoms with E-state index in [9.17, 15) is 9.59 Å². The number of hydrogen-bond donors (Lipinski definition) is 2. The van der Waals surface area contributed by atoms with Crippen LogP contribution in [-0.2, 0) is 13.0 Å². The third-order valence-corrected chi connectivity index (χ3v) is 5.60. The summed E-state index contributed by atoms with van der Waals surface area (Å²) in [6.45, 7) is 4.58. The Kier molecular flexibility index (Phi) is 5.96. The molecule has 11 heteroatoms. The van der Waals surface area contributed by atoms with Crippen molar-refractivity contribution in [2.24, 2.45) is 0 Å². The molecular weight excluding hydrogens is 450 g/mol. The normalized spacial score (nSPS) is 11.3. The van der Waals surface area contributed by atoms with Gasteiger partial charge in [0.05, 0.1) is 16.6 Å². The van der Waals surface area contributed by atoms with Gasteiger partial charge in [0.25, 0.3) is 11.6 Å². The summed E-state index contributed by atoms with van der Waals surface area (Å²) in [5.74, 6) is -0.474. The minimum atomic E-state index is -0.499. The largest absolute Gasteiger partial charge is 0.350 e. The summed E-state index contributed by atoms with van der Waals surface area (Å²) in [6, 6.07) is 11.8. The van der Waals surface area contributed by atoms with Gasteiger partial charge in [-0.15, -0.1) is 0 Å². The summed E-state index contributed by atoms with van der Waals surface area (Å²) in [6.07, 6.45) is 2.53. The summed E-state index contributed by atoms with van der Waals surface area (Å²) < 4.78 is 12.4. The van der Waals surface area contributed by atoms with Gasteiger partial charge >= 0.3 is 11.8 Å². The van der Waals surface area contributed by atoms with E-state index in [-0.39, 0.29) is 24.9 Å². The van der Waals surface area contributed by atoms with Gasteiger partial charge in [-0.1, -0.05) is 28.5 Å². The molecule has 0 spiro atoms. The number of para-hydroxylation sites is 1. The van der Waals surface area contributed by atoms with E-state index in [0.717, 1.165) is 10.9 Å². The van der Waals surface area contributed by atoms with E-state index in [4.69, 9.17) is 9.05 Å². The predicted octanol–water partition coefficient (Wildman–Crippen LogP) is 2.58. The number of rotatable bonds is 8. The Morgan fingerprint density at radius 1 is 0.971 bits per heavy atom. The maximum Gasteiger partial charge on any atom is 0.315 e. The third kappa shape index (κ3) is 4.60. The van der Waals surface area contributed by atoms with Crippen LogP contribution in [0, 0.1) is 13.8 Å². The van der Waals surface area contributed by atoms with Gasteiger partial charge in [-0.05, 0) is 37.4 Å². The van der Waals surface area contributed by atoms with Crippen molar-refractivity contribution in [2.45, 2.75) is 26.8 Å². The monoisotopic (exact) mass is 473 g/mol. The van der Waals surface area contributed by atoms with Crippen molar-refractivity contribution in [3.63, 3.8) is 0 Å². The summed E-state index contributed by atoms with van der Waals surface area (Å²) >= 11 is 0. The first-order valence-corrected chi connectivity index (χ1v) is 11.2. The van der Waals surface area contributed by atoms with Gasteiger partial charge in [-0.2, -0.15) is 4.98 Å². The number of nitrogens with one attached hydrogen (secondary N) is 2. The minimum absolute atomic E-state index is 0.116. The lowest BCUT2D eigenvalue weighted by atomic mass is 10.1. The Morgan fingerprint density at radius 2 is 1.77 bits per heavy atom. The standard InChI is InChI=1S/C24H23N7O4/c1-14-13-17(20-15(2)29-34-23(20)27-14)21(32)25-9-10-26-22(33)24-28-19(30-35-24)8-12-31-11-7-16-5-3-4-6-18(16)31/h3-7,11,13H,8-10,12H2,1-2H3,(H,25,32)(H,26,33). The van der Waals surface area contributed by atoms with Crippen LogP contribution in [0.4, 0.5) is 0 Å². The molecule has 178 valence electrons. The summed E-state index contributed by atoms with van der Waals surface area (Å²) in [5, 5.41) is 15.0. The molecule has 1 aromatic carbocycles. The maximum absolute atomic E-state index is 12.7. The molecule has 0 fully saturated rings. The molecule has 0 saturated carbocycles. The second kappa shape index (κ2) is 9.37. The fourth-order valence-corrected chi connectivity index (χ4v) is 3.92. The number of nitrogens with zero attached hydrogens (tertiary/aromatic N) is 5. The number of pyridine rings is 1. The molecule has 35 heavy (non-hydrogen) atoms. The quantitative estimate of drug-likeness (QED) is 0.328. The number of carbonyl (C=O) groups excluding carboxylic acids is 2. The van der Waals surface area contributed by atoms with Crippen LogP contribution < -0.4 is 10.6 Å². The van der Waals surface area contributed by atoms with Crippen molar-refractivity contribution in [2.75, 3.05) is 13.1 Å². The average molecular weight is 473 g/mol. The molecule has 2 amide bonds. The zero-order valence-electron chi connectivity index (χ0n) is 19.2. The van der Waals surface area contributed by atoms with E-state index in [0.29, 0.717) is 46.8 Å². The van der Waals surface area contributed by atoms with E-state index in [1.807, 2.05) is 18.3 Å². The Morgan fingerprint density at radius 3 is 2.63 bits per heavy atom. The highest BCUT2D eigenvalue weighted by atomic mass is 16.5. The van der Waals surface area contributed by atoms with Crippen molar-refractivity contribution < 1.29 is 18.6 Å². The lowest BCUT2D eigenvalue weighted by molar-refractivity contribution is 0.0898. The van der Waals surface area contributed by atoms with E-state index >= 15 is 0 Å². The average Bonchev–Trinajstić information content (AvgIpc) is 3.58. The molecule has 2 N–H and O–H groups in total. The first-order chi connectivity index (χ1) is 17.0. The third-order valence-electron chi connectivity index (χ3n) is 5.60. The molecule has 0 aliphatic carbocycles. The van der Waals surface area contributed by atoms with Crippen LogP contribution in [0.3, 0.4) is 0 Å². The Hall–Kier alpha value is -4.54. The fraction of sp³-hybridized carbons (Fsp3) is 0.250. The van der Waals surface area contributed by atoms with Crippen LogP contribution in [0.15, 0.2) is 51.6 Å². The lowest BCUT2D eigenvalue weighted by Crippen LogP contribution is -2.35. The smallest absolute Gasteiger partial charge is 0.315 e. The molecule has 0 unspecified atom stereocenters. The van der Waals surface area contributed by atoms with Crippen molar-refractivity contribution in [1.29, 1.82) is 0 Å². The zero-order valence-corrected chi connectivity index (χ0v) is 19.2. The van der Waals surface area contributed by atoms with Gasteiger partial charge in [0.15, 0.2) is 5.82 Å². The number of aryl methyl sites for hydroxylation is 4. The molecule has 0 atom stereocenters. The lowest BCUT2D eigenvalue weighted by Gasteiger charge is -2.07. The summed E-state index contributed by atoms with van der Waals surface area (Å²) in [7, 11) is 0. The van der Waals surface area contributed by atoms with Crippen LogP contribution in [0.25, 0.3) is 22.0 Å². The highest BCUT2D eigenvalue weighted by Gasteiger charge is 2.18. The molecule has 0 radical (unpaired) electrons. The molecule has 11 nitrogen and oxygen atoms in total. The van der Waals surface area contributed by atoms with Gasteiger partial charge in [0, 0.05) is 43.5 Å². The molecule has 0 aliphatic rings. The van der Waals surface area contributed by atoms with E-state index in [1.165, 1.54) is 0 Å². The molecule has 0 saturated heterocycles. The summed E-state index contributed by atoms with van der Waals surface area (Å²) in [5.41, 5.74) is 3.10. The minimum Gasteiger partial charge on any atom is -0.350 e. The second-order valence-electron chi connectivity index (χ2n) is 8.10. The zero-order chi connectivity index (χ0) is 24.4. The molecule has 4 aromatic heterocycles.